The first-order valence-corrected chi connectivity index (χ1v) is 7.22. The van der Waals surface area contributed by atoms with Gasteiger partial charge in [0.05, 0.1) is 0 Å². The van der Waals surface area contributed by atoms with Gasteiger partial charge in [-0.2, -0.15) is 0 Å². The van der Waals surface area contributed by atoms with E-state index in [9.17, 15) is 0 Å². The summed E-state index contributed by atoms with van der Waals surface area (Å²) < 4.78 is 0. The molecule has 0 radical (unpaired) electrons. The molecule has 1 fully saturated rings. The standard InChI is InChI=1S/C17H23NO/c1-15-7-3-2-4-11-18(15)14-17-9-5-8-16(13-17)10-6-12-19/h5,8-9,13,15,19H,2-4,7,11-12,14H2,1H3. The van der Waals surface area contributed by atoms with Gasteiger partial charge in [0.25, 0.3) is 0 Å². The van der Waals surface area contributed by atoms with Crippen molar-refractivity contribution in [1.29, 1.82) is 0 Å². The van der Waals surface area contributed by atoms with Crippen LogP contribution in [0, 0.1) is 11.8 Å². The smallest absolute Gasteiger partial charge is 0.104 e. The third kappa shape index (κ3) is 4.38. The number of hydrogen-bond acceptors (Lipinski definition) is 2. The van der Waals surface area contributed by atoms with Crippen LogP contribution in [0.15, 0.2) is 24.3 Å². The molecule has 1 atom stereocenters. The van der Waals surface area contributed by atoms with Crippen molar-refractivity contribution in [2.45, 2.75) is 45.2 Å². The highest BCUT2D eigenvalue weighted by Crippen LogP contribution is 2.19. The van der Waals surface area contributed by atoms with E-state index in [1.807, 2.05) is 6.07 Å². The number of aliphatic hydroxyl groups excluding tert-OH is 1. The molecule has 0 aliphatic carbocycles. The quantitative estimate of drug-likeness (QED) is 0.824. The average molecular weight is 257 g/mol. The molecule has 1 saturated heterocycles. The molecule has 0 amide bonds. The summed E-state index contributed by atoms with van der Waals surface area (Å²) in [6, 6.07) is 9.04. The maximum atomic E-state index is 8.74. The molecule has 1 aromatic carbocycles. The fourth-order valence-corrected chi connectivity index (χ4v) is 2.69. The van der Waals surface area contributed by atoms with Crippen LogP contribution in [0.2, 0.25) is 0 Å². The van der Waals surface area contributed by atoms with Crippen molar-refractivity contribution in [2.75, 3.05) is 13.2 Å². The van der Waals surface area contributed by atoms with Crippen molar-refractivity contribution in [3.05, 3.63) is 35.4 Å². The zero-order valence-electron chi connectivity index (χ0n) is 11.7. The van der Waals surface area contributed by atoms with E-state index in [2.05, 4.69) is 41.9 Å². The largest absolute Gasteiger partial charge is 0.384 e. The molecule has 2 heteroatoms. The Morgan fingerprint density at radius 1 is 1.32 bits per heavy atom. The molecule has 0 saturated carbocycles. The third-order valence-corrected chi connectivity index (χ3v) is 3.82. The zero-order valence-corrected chi connectivity index (χ0v) is 11.7. The van der Waals surface area contributed by atoms with E-state index in [0.717, 1.165) is 12.1 Å². The average Bonchev–Trinajstić information content (AvgIpc) is 2.62. The van der Waals surface area contributed by atoms with Gasteiger partial charge in [0.15, 0.2) is 0 Å². The van der Waals surface area contributed by atoms with Gasteiger partial charge in [-0.1, -0.05) is 36.8 Å². The van der Waals surface area contributed by atoms with Gasteiger partial charge in [-0.25, -0.2) is 0 Å². The first-order valence-electron chi connectivity index (χ1n) is 7.22. The lowest BCUT2D eigenvalue weighted by Crippen LogP contribution is -2.31. The molecule has 1 unspecified atom stereocenters. The molecule has 1 aliphatic heterocycles. The maximum absolute atomic E-state index is 8.74. The van der Waals surface area contributed by atoms with E-state index < -0.39 is 0 Å². The number of aliphatic hydroxyl groups is 1. The normalized spacial score (nSPS) is 20.4. The third-order valence-electron chi connectivity index (χ3n) is 3.82. The molecule has 1 heterocycles. The molecule has 0 spiro atoms. The monoisotopic (exact) mass is 257 g/mol. The molecule has 2 rings (SSSR count). The minimum atomic E-state index is -0.0760. The van der Waals surface area contributed by atoms with Crippen molar-refractivity contribution >= 4 is 0 Å². The second-order valence-electron chi connectivity index (χ2n) is 5.33. The minimum Gasteiger partial charge on any atom is -0.384 e. The Labute approximate surface area is 116 Å². The molecule has 2 nitrogen and oxygen atoms in total. The minimum absolute atomic E-state index is 0.0760. The molecule has 0 bridgehead atoms. The predicted octanol–water partition coefficient (Wildman–Crippen LogP) is 2.79. The summed E-state index contributed by atoms with van der Waals surface area (Å²) in [5.74, 6) is 5.68. The SMILES string of the molecule is CC1CCCCCN1Cc1cccc(C#CCO)c1. The summed E-state index contributed by atoms with van der Waals surface area (Å²) in [7, 11) is 0. The fourth-order valence-electron chi connectivity index (χ4n) is 2.69. The summed E-state index contributed by atoms with van der Waals surface area (Å²) in [5.41, 5.74) is 2.31. The van der Waals surface area contributed by atoms with Crippen LogP contribution in [0.1, 0.15) is 43.7 Å². The first-order chi connectivity index (χ1) is 9.29. The summed E-state index contributed by atoms with van der Waals surface area (Å²) in [6.45, 7) is 4.47. The van der Waals surface area contributed by atoms with E-state index in [0.29, 0.717) is 6.04 Å². The molecule has 19 heavy (non-hydrogen) atoms. The lowest BCUT2D eigenvalue weighted by Gasteiger charge is -2.26. The highest BCUT2D eigenvalue weighted by Gasteiger charge is 2.16. The van der Waals surface area contributed by atoms with Crippen molar-refractivity contribution in [2.24, 2.45) is 0 Å². The van der Waals surface area contributed by atoms with Gasteiger partial charge in [-0.3, -0.25) is 4.90 Å². The van der Waals surface area contributed by atoms with Gasteiger partial charge in [0.1, 0.15) is 6.61 Å². The predicted molar refractivity (Wildman–Crippen MR) is 78.7 cm³/mol. The zero-order chi connectivity index (χ0) is 13.5. The molecule has 0 aromatic heterocycles. The Kier molecular flexibility index (Phi) is 5.44. The van der Waals surface area contributed by atoms with Crippen LogP contribution in [0.4, 0.5) is 0 Å². The van der Waals surface area contributed by atoms with Gasteiger partial charge in [-0.05, 0) is 44.0 Å². The van der Waals surface area contributed by atoms with E-state index in [4.69, 9.17) is 5.11 Å². The van der Waals surface area contributed by atoms with Crippen molar-refractivity contribution in [1.82, 2.24) is 4.90 Å². The Hall–Kier alpha value is -1.30. The van der Waals surface area contributed by atoms with Gasteiger partial charge in [-0.15, -0.1) is 0 Å². The highest BCUT2D eigenvalue weighted by molar-refractivity contribution is 5.37. The summed E-state index contributed by atoms with van der Waals surface area (Å²) >= 11 is 0. The lowest BCUT2D eigenvalue weighted by atomic mass is 10.1. The van der Waals surface area contributed by atoms with Crippen LogP contribution in [-0.2, 0) is 6.54 Å². The van der Waals surface area contributed by atoms with Crippen molar-refractivity contribution in [3.63, 3.8) is 0 Å². The summed E-state index contributed by atoms with van der Waals surface area (Å²) in [5, 5.41) is 8.74. The number of hydrogen-bond donors (Lipinski definition) is 1. The van der Waals surface area contributed by atoms with Crippen LogP contribution in [0.25, 0.3) is 0 Å². The molecular formula is C17H23NO. The van der Waals surface area contributed by atoms with E-state index in [1.54, 1.807) is 0 Å². The Balaban J connectivity index is 2.05. The maximum Gasteiger partial charge on any atom is 0.104 e. The van der Waals surface area contributed by atoms with Crippen molar-refractivity contribution in [3.8, 4) is 11.8 Å². The van der Waals surface area contributed by atoms with Gasteiger partial charge >= 0.3 is 0 Å². The number of likely N-dealkylation sites (tertiary alicyclic amines) is 1. The van der Waals surface area contributed by atoms with E-state index in [-0.39, 0.29) is 6.61 Å². The Morgan fingerprint density at radius 3 is 3.05 bits per heavy atom. The summed E-state index contributed by atoms with van der Waals surface area (Å²) in [4.78, 5) is 2.57. The molecule has 1 aliphatic rings. The number of nitrogens with zero attached hydrogens (tertiary/aromatic N) is 1. The Bertz CT molecular complexity index is 458. The molecule has 102 valence electrons. The lowest BCUT2D eigenvalue weighted by molar-refractivity contribution is 0.205. The second kappa shape index (κ2) is 7.33. The van der Waals surface area contributed by atoms with Crippen LogP contribution in [-0.4, -0.2) is 29.2 Å². The second-order valence-corrected chi connectivity index (χ2v) is 5.33. The molecule has 1 N–H and O–H groups in total. The number of benzene rings is 1. The van der Waals surface area contributed by atoms with E-state index >= 15 is 0 Å². The van der Waals surface area contributed by atoms with Gasteiger partial charge in [0, 0.05) is 18.2 Å². The Morgan fingerprint density at radius 2 is 2.21 bits per heavy atom. The van der Waals surface area contributed by atoms with E-state index in [1.165, 1.54) is 37.8 Å². The van der Waals surface area contributed by atoms with Crippen LogP contribution >= 0.6 is 0 Å². The van der Waals surface area contributed by atoms with Crippen LogP contribution in [0.3, 0.4) is 0 Å². The molecule has 1 aromatic rings. The fraction of sp³-hybridized carbons (Fsp3) is 0.529. The van der Waals surface area contributed by atoms with Crippen LogP contribution < -0.4 is 0 Å². The highest BCUT2D eigenvalue weighted by atomic mass is 16.2. The topological polar surface area (TPSA) is 23.5 Å². The van der Waals surface area contributed by atoms with Gasteiger partial charge in [0.2, 0.25) is 0 Å². The van der Waals surface area contributed by atoms with Gasteiger partial charge < -0.3 is 5.11 Å². The number of rotatable bonds is 2. The first kappa shape index (κ1) is 14.1. The summed E-state index contributed by atoms with van der Waals surface area (Å²) in [6.07, 6.45) is 5.35. The molecular weight excluding hydrogens is 234 g/mol. The van der Waals surface area contributed by atoms with Crippen LogP contribution in [0.5, 0.6) is 0 Å². The van der Waals surface area contributed by atoms with Crippen molar-refractivity contribution < 1.29 is 5.11 Å².